The van der Waals surface area contributed by atoms with Crippen LogP contribution in [0.4, 0.5) is 0 Å². The quantitative estimate of drug-likeness (QED) is 0.651. The Morgan fingerprint density at radius 2 is 2.23 bits per heavy atom. The van der Waals surface area contributed by atoms with Crippen LogP contribution in [0.25, 0.3) is 0 Å². The fourth-order valence-electron chi connectivity index (χ4n) is 5.98. The zero-order chi connectivity index (χ0) is 15.4. The van der Waals surface area contributed by atoms with E-state index >= 15 is 0 Å². The molecular weight excluding hydrogens is 270 g/mol. The van der Waals surface area contributed by atoms with Crippen molar-refractivity contribution >= 4 is 0 Å². The maximum absolute atomic E-state index is 10.0. The summed E-state index contributed by atoms with van der Waals surface area (Å²) in [7, 11) is 2.44. The highest BCUT2D eigenvalue weighted by Gasteiger charge is 2.58. The number of hydrogen-bond acceptors (Lipinski definition) is 1. The molecule has 0 aromatic heterocycles. The van der Waals surface area contributed by atoms with Crippen LogP contribution in [0.15, 0.2) is 30.9 Å². The lowest BCUT2D eigenvalue weighted by Gasteiger charge is -2.61. The number of rotatable bonds is 2. The Balaban J connectivity index is 1.87. The summed E-state index contributed by atoms with van der Waals surface area (Å²) < 4.78 is 1.16. The zero-order valence-corrected chi connectivity index (χ0v) is 13.7. The van der Waals surface area contributed by atoms with E-state index in [9.17, 15) is 5.11 Å². The first-order chi connectivity index (χ1) is 10.6. The summed E-state index contributed by atoms with van der Waals surface area (Å²) in [6, 6.07) is 6.89. The molecule has 1 aromatic carbocycles. The van der Waals surface area contributed by atoms with Gasteiger partial charge in [-0.05, 0) is 42.2 Å². The fourth-order valence-corrected chi connectivity index (χ4v) is 5.98. The molecule has 118 valence electrons. The molecule has 2 unspecified atom stereocenters. The molecule has 1 saturated heterocycles. The van der Waals surface area contributed by atoms with E-state index in [2.05, 4.69) is 31.8 Å². The fraction of sp³-hybridized carbons (Fsp3) is 0.600. The molecule has 4 rings (SSSR count). The minimum absolute atomic E-state index is 0.341. The molecule has 1 aromatic rings. The molecule has 2 nitrogen and oxygen atoms in total. The van der Waals surface area contributed by atoms with E-state index in [1.807, 2.05) is 6.07 Å². The standard InChI is InChI=1S/C20H27NO/c1-3-11-21(2)12-10-20-9-5-4-6-17(20)19(21)13-15-7-8-16(22)14-18(15)20/h3,7-8,14,17,19H,1,4-6,9-13H2,2H3/p+1/t17?,19?,20-,21+/m1/s1. The van der Waals surface area contributed by atoms with Crippen molar-refractivity contribution in [2.75, 3.05) is 20.1 Å². The Morgan fingerprint density at radius 1 is 1.36 bits per heavy atom. The number of benzene rings is 1. The van der Waals surface area contributed by atoms with Gasteiger partial charge in [0.1, 0.15) is 5.75 Å². The Kier molecular flexibility index (Phi) is 3.16. The Hall–Kier alpha value is -1.28. The Labute approximate surface area is 134 Å². The first kappa shape index (κ1) is 14.3. The number of phenols is 1. The molecule has 3 aliphatic rings. The van der Waals surface area contributed by atoms with Crippen molar-refractivity contribution in [2.45, 2.75) is 50.0 Å². The predicted octanol–water partition coefficient (Wildman–Crippen LogP) is 3.78. The minimum Gasteiger partial charge on any atom is -0.508 e. The van der Waals surface area contributed by atoms with Crippen molar-refractivity contribution in [3.63, 3.8) is 0 Å². The average molecular weight is 298 g/mol. The third-order valence-electron chi connectivity index (χ3n) is 7.04. The van der Waals surface area contributed by atoms with Gasteiger partial charge in [-0.2, -0.15) is 0 Å². The van der Waals surface area contributed by atoms with Gasteiger partial charge in [0, 0.05) is 24.2 Å². The molecule has 0 amide bonds. The van der Waals surface area contributed by atoms with Gasteiger partial charge in [-0.15, -0.1) is 0 Å². The van der Waals surface area contributed by atoms with Crippen LogP contribution in [-0.4, -0.2) is 35.8 Å². The summed E-state index contributed by atoms with van der Waals surface area (Å²) in [6.07, 6.45) is 9.97. The molecule has 1 N–H and O–H groups in total. The van der Waals surface area contributed by atoms with Gasteiger partial charge in [-0.3, -0.25) is 0 Å². The first-order valence-electron chi connectivity index (χ1n) is 8.87. The molecule has 4 atom stereocenters. The monoisotopic (exact) mass is 298 g/mol. The SMILES string of the molecule is C=CC[N@@+]1(C)CC[C@]23CCCCC2C1Cc1ccc(O)cc13. The van der Waals surface area contributed by atoms with Gasteiger partial charge in [0.05, 0.1) is 26.2 Å². The van der Waals surface area contributed by atoms with Crippen molar-refractivity contribution < 1.29 is 9.59 Å². The van der Waals surface area contributed by atoms with Gasteiger partial charge in [-0.25, -0.2) is 0 Å². The highest BCUT2D eigenvalue weighted by atomic mass is 16.3. The van der Waals surface area contributed by atoms with E-state index < -0.39 is 0 Å². The smallest absolute Gasteiger partial charge is 0.115 e. The van der Waals surface area contributed by atoms with Crippen molar-refractivity contribution in [3.8, 4) is 5.75 Å². The Bertz CT molecular complexity index is 610. The summed E-state index contributed by atoms with van der Waals surface area (Å²) in [5.74, 6) is 1.24. The van der Waals surface area contributed by atoms with E-state index in [1.54, 1.807) is 0 Å². The molecule has 0 spiro atoms. The number of aromatic hydroxyl groups is 1. The van der Waals surface area contributed by atoms with Crippen molar-refractivity contribution in [3.05, 3.63) is 42.0 Å². The Morgan fingerprint density at radius 3 is 3.05 bits per heavy atom. The average Bonchev–Trinajstić information content (AvgIpc) is 2.52. The molecule has 2 aliphatic carbocycles. The normalized spacial score (nSPS) is 39.7. The molecular formula is C20H28NO+. The second-order valence-corrected chi connectivity index (χ2v) is 8.05. The highest BCUT2D eigenvalue weighted by Crippen LogP contribution is 2.57. The van der Waals surface area contributed by atoms with E-state index in [1.165, 1.54) is 56.2 Å². The number of hydrogen-bond donors (Lipinski definition) is 1. The zero-order valence-electron chi connectivity index (χ0n) is 13.7. The van der Waals surface area contributed by atoms with Gasteiger partial charge < -0.3 is 9.59 Å². The van der Waals surface area contributed by atoms with E-state index in [-0.39, 0.29) is 0 Å². The van der Waals surface area contributed by atoms with Crippen LogP contribution < -0.4 is 0 Å². The number of piperidine rings is 1. The highest BCUT2D eigenvalue weighted by molar-refractivity contribution is 5.44. The van der Waals surface area contributed by atoms with Gasteiger partial charge in [0.15, 0.2) is 0 Å². The summed E-state index contributed by atoms with van der Waals surface area (Å²) >= 11 is 0. The van der Waals surface area contributed by atoms with Crippen LogP contribution in [0.2, 0.25) is 0 Å². The van der Waals surface area contributed by atoms with Crippen LogP contribution >= 0.6 is 0 Å². The molecule has 2 heteroatoms. The maximum Gasteiger partial charge on any atom is 0.115 e. The summed E-state index contributed by atoms with van der Waals surface area (Å²) in [5, 5.41) is 10.0. The van der Waals surface area contributed by atoms with Crippen LogP contribution in [0.3, 0.4) is 0 Å². The van der Waals surface area contributed by atoms with Crippen LogP contribution in [0.1, 0.15) is 43.2 Å². The van der Waals surface area contributed by atoms with Gasteiger partial charge >= 0.3 is 0 Å². The summed E-state index contributed by atoms with van der Waals surface area (Å²) in [6.45, 7) is 6.36. The van der Waals surface area contributed by atoms with Crippen LogP contribution in [0.5, 0.6) is 5.75 Å². The molecule has 1 heterocycles. The second-order valence-electron chi connectivity index (χ2n) is 8.05. The minimum atomic E-state index is 0.341. The number of likely N-dealkylation sites (tertiary alicyclic amines) is 1. The third kappa shape index (κ3) is 1.83. The lowest BCUT2D eigenvalue weighted by molar-refractivity contribution is -0.940. The predicted molar refractivity (Wildman–Crippen MR) is 90.0 cm³/mol. The lowest BCUT2D eigenvalue weighted by Crippen LogP contribution is -2.68. The first-order valence-corrected chi connectivity index (χ1v) is 8.87. The van der Waals surface area contributed by atoms with Gasteiger partial charge in [-0.1, -0.05) is 25.5 Å². The van der Waals surface area contributed by atoms with Crippen LogP contribution in [-0.2, 0) is 11.8 Å². The van der Waals surface area contributed by atoms with Crippen molar-refractivity contribution in [1.29, 1.82) is 0 Å². The summed E-state index contributed by atoms with van der Waals surface area (Å²) in [4.78, 5) is 0. The third-order valence-corrected chi connectivity index (χ3v) is 7.04. The number of nitrogens with zero attached hydrogens (tertiary/aromatic N) is 1. The number of fused-ring (bicyclic) bond motifs is 1. The van der Waals surface area contributed by atoms with E-state index in [4.69, 9.17) is 0 Å². The largest absolute Gasteiger partial charge is 0.508 e. The number of likely N-dealkylation sites (N-methyl/N-ethyl adjacent to an activating group) is 1. The molecule has 1 aliphatic heterocycles. The van der Waals surface area contributed by atoms with E-state index in [0.29, 0.717) is 11.2 Å². The van der Waals surface area contributed by atoms with Gasteiger partial charge in [0.25, 0.3) is 0 Å². The maximum atomic E-state index is 10.0. The second kappa shape index (κ2) is 4.86. The lowest BCUT2D eigenvalue weighted by atomic mass is 9.52. The molecule has 1 saturated carbocycles. The van der Waals surface area contributed by atoms with Crippen molar-refractivity contribution in [2.24, 2.45) is 5.92 Å². The van der Waals surface area contributed by atoms with Crippen LogP contribution in [0, 0.1) is 5.92 Å². The molecule has 2 fully saturated rings. The number of phenolic OH excluding ortho intramolecular Hbond substituents is 1. The van der Waals surface area contributed by atoms with Crippen molar-refractivity contribution in [1.82, 2.24) is 0 Å². The molecule has 0 radical (unpaired) electrons. The molecule has 2 bridgehead atoms. The van der Waals surface area contributed by atoms with Gasteiger partial charge in [0.2, 0.25) is 0 Å². The van der Waals surface area contributed by atoms with E-state index in [0.717, 1.165) is 23.0 Å². The summed E-state index contributed by atoms with van der Waals surface area (Å²) in [5.41, 5.74) is 3.32. The number of quaternary nitrogens is 1. The topological polar surface area (TPSA) is 20.2 Å². The molecule has 22 heavy (non-hydrogen) atoms.